The molecule has 0 bridgehead atoms. The van der Waals surface area contributed by atoms with E-state index in [4.69, 9.17) is 4.74 Å². The molecule has 0 aromatic heterocycles. The number of halogens is 2. The molecule has 0 saturated heterocycles. The fraction of sp³-hybridized carbons (Fsp3) is 0.667. The summed E-state index contributed by atoms with van der Waals surface area (Å²) < 4.78 is 19.3. The molecule has 2 saturated carbocycles. The highest BCUT2D eigenvalue weighted by Crippen LogP contribution is 2.42. The lowest BCUT2D eigenvalue weighted by atomic mass is 9.68. The highest BCUT2D eigenvalue weighted by molar-refractivity contribution is 9.11. The molecule has 2 fully saturated rings. The Kier molecular flexibility index (Phi) is 8.24. The van der Waals surface area contributed by atoms with Crippen LogP contribution in [0.1, 0.15) is 70.3 Å². The van der Waals surface area contributed by atoms with Crippen molar-refractivity contribution >= 4 is 15.9 Å². The van der Waals surface area contributed by atoms with Gasteiger partial charge in [0, 0.05) is 0 Å². The Bertz CT molecular complexity index is 598. The summed E-state index contributed by atoms with van der Waals surface area (Å²) >= 11 is 3.42. The van der Waals surface area contributed by atoms with Crippen molar-refractivity contribution in [3.8, 4) is 5.75 Å². The highest BCUT2D eigenvalue weighted by atomic mass is 79.9. The maximum absolute atomic E-state index is 14.0. The zero-order chi connectivity index (χ0) is 19.1. The summed E-state index contributed by atoms with van der Waals surface area (Å²) in [7, 11) is 0. The molecule has 1 aromatic carbocycles. The zero-order valence-electron chi connectivity index (χ0n) is 16.6. The van der Waals surface area contributed by atoms with Crippen LogP contribution in [0.15, 0.2) is 29.3 Å². The van der Waals surface area contributed by atoms with Gasteiger partial charge in [0.1, 0.15) is 0 Å². The van der Waals surface area contributed by atoms with Crippen LogP contribution in [0.25, 0.3) is 0 Å². The van der Waals surface area contributed by atoms with Crippen molar-refractivity contribution < 1.29 is 9.13 Å². The van der Waals surface area contributed by atoms with Crippen LogP contribution in [-0.4, -0.2) is 6.61 Å². The third-order valence-electron chi connectivity index (χ3n) is 6.86. The summed E-state index contributed by atoms with van der Waals surface area (Å²) in [6.07, 6.45) is 15.6. The molecule has 2 aliphatic carbocycles. The molecule has 0 aliphatic heterocycles. The monoisotopic (exact) mass is 436 g/mol. The Labute approximate surface area is 172 Å². The van der Waals surface area contributed by atoms with E-state index < -0.39 is 0 Å². The summed E-state index contributed by atoms with van der Waals surface area (Å²) in [6, 6.07) is 5.47. The fourth-order valence-corrected chi connectivity index (χ4v) is 5.63. The van der Waals surface area contributed by atoms with Crippen molar-refractivity contribution in [1.29, 1.82) is 0 Å². The molecule has 0 heterocycles. The second-order valence-electron chi connectivity index (χ2n) is 8.51. The number of allylic oxidation sites excluding steroid dienone is 1. The minimum Gasteiger partial charge on any atom is -0.491 e. The van der Waals surface area contributed by atoms with E-state index >= 15 is 0 Å². The predicted octanol–water partition coefficient (Wildman–Crippen LogP) is 7.68. The van der Waals surface area contributed by atoms with Crippen LogP contribution in [-0.2, 0) is 6.42 Å². The molecular weight excluding hydrogens is 403 g/mol. The van der Waals surface area contributed by atoms with Crippen molar-refractivity contribution in [1.82, 2.24) is 0 Å². The van der Waals surface area contributed by atoms with Crippen LogP contribution >= 0.6 is 15.9 Å². The molecule has 3 heteroatoms. The minimum absolute atomic E-state index is 0.219. The first-order chi connectivity index (χ1) is 13.2. The van der Waals surface area contributed by atoms with E-state index in [1.54, 1.807) is 12.1 Å². The van der Waals surface area contributed by atoms with E-state index in [-0.39, 0.29) is 5.82 Å². The Balaban J connectivity index is 1.39. The molecule has 0 amide bonds. The minimum atomic E-state index is -0.219. The van der Waals surface area contributed by atoms with E-state index in [0.29, 0.717) is 12.4 Å². The summed E-state index contributed by atoms with van der Waals surface area (Å²) in [5.74, 6) is 3.70. The third kappa shape index (κ3) is 6.07. The maximum atomic E-state index is 14.0. The van der Waals surface area contributed by atoms with Crippen LogP contribution in [0, 0.1) is 29.5 Å². The van der Waals surface area contributed by atoms with Gasteiger partial charge in [-0.2, -0.15) is 0 Å². The topological polar surface area (TPSA) is 9.23 Å². The van der Waals surface area contributed by atoms with Gasteiger partial charge in [0.15, 0.2) is 11.6 Å². The quantitative estimate of drug-likeness (QED) is 0.425. The van der Waals surface area contributed by atoms with E-state index in [9.17, 15) is 4.39 Å². The van der Waals surface area contributed by atoms with Crippen molar-refractivity contribution in [3.05, 3.63) is 40.6 Å². The Morgan fingerprint density at radius 3 is 2.30 bits per heavy atom. The van der Waals surface area contributed by atoms with Crippen LogP contribution in [0.2, 0.25) is 0 Å². The first-order valence-corrected chi connectivity index (χ1v) is 11.8. The van der Waals surface area contributed by atoms with Crippen molar-refractivity contribution in [2.24, 2.45) is 23.7 Å². The standard InChI is InChI=1S/C24H34BrFO/c1-2-27-24-14-9-20(17-23(24)26)4-3-18-5-10-21(11-6-18)22-12-7-19(8-13-22)15-16-25/h9,14-19,21-22H,2-8,10-13H2,1H3. The summed E-state index contributed by atoms with van der Waals surface area (Å²) in [5, 5.41) is 0. The zero-order valence-corrected chi connectivity index (χ0v) is 18.2. The molecule has 0 atom stereocenters. The molecule has 2 aliphatic rings. The summed E-state index contributed by atoms with van der Waals surface area (Å²) in [6.45, 7) is 2.39. The first-order valence-electron chi connectivity index (χ1n) is 10.9. The average Bonchev–Trinajstić information content (AvgIpc) is 2.70. The van der Waals surface area contributed by atoms with Gasteiger partial charge in [-0.05, 0) is 105 Å². The van der Waals surface area contributed by atoms with Crippen LogP contribution < -0.4 is 4.74 Å². The van der Waals surface area contributed by atoms with Crippen LogP contribution in [0.3, 0.4) is 0 Å². The Morgan fingerprint density at radius 1 is 1.04 bits per heavy atom. The van der Waals surface area contributed by atoms with Gasteiger partial charge in [0.25, 0.3) is 0 Å². The van der Waals surface area contributed by atoms with Gasteiger partial charge in [0.2, 0.25) is 0 Å². The largest absolute Gasteiger partial charge is 0.491 e. The van der Waals surface area contributed by atoms with Gasteiger partial charge in [-0.3, -0.25) is 0 Å². The van der Waals surface area contributed by atoms with Crippen molar-refractivity contribution in [2.75, 3.05) is 6.61 Å². The molecule has 3 rings (SSSR count). The van der Waals surface area contributed by atoms with Gasteiger partial charge >= 0.3 is 0 Å². The van der Waals surface area contributed by atoms with Gasteiger partial charge < -0.3 is 4.74 Å². The molecule has 0 unspecified atom stereocenters. The van der Waals surface area contributed by atoms with E-state index in [1.165, 1.54) is 57.8 Å². The van der Waals surface area contributed by atoms with Crippen molar-refractivity contribution in [3.63, 3.8) is 0 Å². The highest BCUT2D eigenvalue weighted by Gasteiger charge is 2.30. The predicted molar refractivity (Wildman–Crippen MR) is 115 cm³/mol. The lowest BCUT2D eigenvalue weighted by molar-refractivity contribution is 0.153. The van der Waals surface area contributed by atoms with Gasteiger partial charge in [-0.25, -0.2) is 4.39 Å². The smallest absolute Gasteiger partial charge is 0.165 e. The Morgan fingerprint density at radius 2 is 1.70 bits per heavy atom. The summed E-state index contributed by atoms with van der Waals surface area (Å²) in [5.41, 5.74) is 1.11. The molecule has 27 heavy (non-hydrogen) atoms. The lowest BCUT2D eigenvalue weighted by Crippen LogP contribution is -2.25. The maximum Gasteiger partial charge on any atom is 0.165 e. The second-order valence-corrected chi connectivity index (χ2v) is 9.04. The number of ether oxygens (including phenoxy) is 1. The van der Waals surface area contributed by atoms with Crippen LogP contribution in [0.5, 0.6) is 5.75 Å². The fourth-order valence-electron chi connectivity index (χ4n) is 5.20. The number of rotatable bonds is 7. The lowest BCUT2D eigenvalue weighted by Gasteiger charge is -2.37. The molecule has 0 N–H and O–H groups in total. The number of benzene rings is 1. The average molecular weight is 437 g/mol. The van der Waals surface area contributed by atoms with E-state index in [0.717, 1.165) is 35.7 Å². The van der Waals surface area contributed by atoms with Gasteiger partial charge in [-0.1, -0.05) is 40.9 Å². The first kappa shape index (κ1) is 20.9. The van der Waals surface area contributed by atoms with Crippen LogP contribution in [0.4, 0.5) is 4.39 Å². The molecule has 1 aromatic rings. The molecule has 0 spiro atoms. The number of hydrogen-bond acceptors (Lipinski definition) is 1. The van der Waals surface area contributed by atoms with Crippen molar-refractivity contribution in [2.45, 2.75) is 71.1 Å². The van der Waals surface area contributed by atoms with E-state index in [1.807, 2.05) is 18.0 Å². The second kappa shape index (κ2) is 10.6. The van der Waals surface area contributed by atoms with Gasteiger partial charge in [-0.15, -0.1) is 0 Å². The summed E-state index contributed by atoms with van der Waals surface area (Å²) in [4.78, 5) is 2.04. The number of aryl methyl sites for hydroxylation is 1. The number of hydrogen-bond donors (Lipinski definition) is 0. The van der Waals surface area contributed by atoms with Gasteiger partial charge in [0.05, 0.1) is 6.61 Å². The molecule has 0 radical (unpaired) electrons. The third-order valence-corrected chi connectivity index (χ3v) is 7.16. The molecule has 1 nitrogen and oxygen atoms in total. The molecular formula is C24H34BrFO. The molecule has 150 valence electrons. The SMILES string of the molecule is CCOc1ccc(CCC2CCC(C3CCC(C=CBr)CC3)CC2)cc1F. The normalized spacial score (nSPS) is 29.1. The van der Waals surface area contributed by atoms with E-state index in [2.05, 4.69) is 22.0 Å². The Hall–Kier alpha value is -0.830.